The highest BCUT2D eigenvalue weighted by atomic mass is 16.6. The van der Waals surface area contributed by atoms with Crippen LogP contribution in [0, 0.1) is 0 Å². The quantitative estimate of drug-likeness (QED) is 0.473. The molecule has 0 N–H and O–H groups in total. The minimum Gasteiger partial charge on any atom is -0.464 e. The van der Waals surface area contributed by atoms with Crippen molar-refractivity contribution in [3.63, 3.8) is 0 Å². The van der Waals surface area contributed by atoms with Gasteiger partial charge in [0, 0.05) is 7.11 Å². The largest absolute Gasteiger partial charge is 0.464 e. The van der Waals surface area contributed by atoms with Crippen LogP contribution >= 0.6 is 0 Å². The van der Waals surface area contributed by atoms with Crippen molar-refractivity contribution in [2.45, 2.75) is 51.6 Å². The number of hydrogen-bond acceptors (Lipinski definition) is 3. The van der Waals surface area contributed by atoms with Crippen LogP contribution in [-0.4, -0.2) is 19.7 Å². The van der Waals surface area contributed by atoms with Crippen molar-refractivity contribution >= 4 is 5.97 Å². The Bertz CT molecular complexity index is 362. The summed E-state index contributed by atoms with van der Waals surface area (Å²) in [4.78, 5) is 12.0. The molecule has 112 valence electrons. The zero-order chi connectivity index (χ0) is 14.6. The van der Waals surface area contributed by atoms with E-state index in [9.17, 15) is 4.79 Å². The van der Waals surface area contributed by atoms with Gasteiger partial charge in [0.15, 0.2) is 6.10 Å². The van der Waals surface area contributed by atoms with Crippen LogP contribution in [0.1, 0.15) is 57.1 Å². The van der Waals surface area contributed by atoms with Crippen molar-refractivity contribution in [2.24, 2.45) is 0 Å². The molecule has 0 bridgehead atoms. The van der Waals surface area contributed by atoms with Crippen LogP contribution in [0.25, 0.3) is 0 Å². The van der Waals surface area contributed by atoms with Gasteiger partial charge in [-0.2, -0.15) is 0 Å². The summed E-state index contributed by atoms with van der Waals surface area (Å²) < 4.78 is 10.5. The third kappa shape index (κ3) is 6.20. The molecule has 0 amide bonds. The molecule has 1 unspecified atom stereocenters. The second kappa shape index (κ2) is 10.4. The van der Waals surface area contributed by atoms with Crippen LogP contribution in [0.3, 0.4) is 0 Å². The Hall–Kier alpha value is -1.35. The molecule has 0 spiro atoms. The zero-order valence-electron chi connectivity index (χ0n) is 12.6. The first-order valence-corrected chi connectivity index (χ1v) is 7.54. The minimum atomic E-state index is -0.615. The lowest BCUT2D eigenvalue weighted by atomic mass is 10.1. The molecule has 0 aliphatic heterocycles. The molecule has 0 aliphatic rings. The smallest absolute Gasteiger partial charge is 0.339 e. The molecule has 1 aromatic carbocycles. The highest BCUT2D eigenvalue weighted by molar-refractivity contribution is 5.76. The maximum Gasteiger partial charge on any atom is 0.339 e. The van der Waals surface area contributed by atoms with Gasteiger partial charge in [-0.1, -0.05) is 69.4 Å². The Labute approximate surface area is 122 Å². The monoisotopic (exact) mass is 278 g/mol. The number of ether oxygens (including phenoxy) is 2. The van der Waals surface area contributed by atoms with Crippen LogP contribution in [0.15, 0.2) is 30.3 Å². The van der Waals surface area contributed by atoms with Crippen LogP contribution in [0.2, 0.25) is 0 Å². The van der Waals surface area contributed by atoms with E-state index in [1.807, 2.05) is 30.3 Å². The average Bonchev–Trinajstić information content (AvgIpc) is 2.48. The summed E-state index contributed by atoms with van der Waals surface area (Å²) in [5.74, 6) is -0.299. The number of methoxy groups -OCH3 is 1. The van der Waals surface area contributed by atoms with Gasteiger partial charge in [0.1, 0.15) is 0 Å². The third-order valence-electron chi connectivity index (χ3n) is 3.29. The first kappa shape index (κ1) is 16.7. The summed E-state index contributed by atoms with van der Waals surface area (Å²) in [7, 11) is 1.53. The number of hydrogen-bond donors (Lipinski definition) is 0. The van der Waals surface area contributed by atoms with Gasteiger partial charge < -0.3 is 9.47 Å². The van der Waals surface area contributed by atoms with Gasteiger partial charge >= 0.3 is 5.97 Å². The number of benzene rings is 1. The minimum absolute atomic E-state index is 0.299. The molecule has 0 radical (unpaired) electrons. The molecule has 0 aliphatic carbocycles. The molecule has 1 aromatic rings. The van der Waals surface area contributed by atoms with Crippen LogP contribution in [-0.2, 0) is 14.3 Å². The van der Waals surface area contributed by atoms with E-state index in [0.717, 1.165) is 18.4 Å². The lowest BCUT2D eigenvalue weighted by Crippen LogP contribution is -2.18. The Morgan fingerprint density at radius 3 is 2.35 bits per heavy atom. The lowest BCUT2D eigenvalue weighted by Gasteiger charge is -2.14. The van der Waals surface area contributed by atoms with Crippen molar-refractivity contribution < 1.29 is 14.3 Å². The molecule has 0 heterocycles. The highest BCUT2D eigenvalue weighted by Gasteiger charge is 2.20. The molecule has 0 saturated heterocycles. The van der Waals surface area contributed by atoms with Gasteiger partial charge in [-0.3, -0.25) is 0 Å². The maximum atomic E-state index is 12.0. The average molecular weight is 278 g/mol. The number of carbonyl (C=O) groups is 1. The van der Waals surface area contributed by atoms with Crippen LogP contribution in [0.5, 0.6) is 0 Å². The first-order chi connectivity index (χ1) is 9.79. The standard InChI is InChI=1S/C17H26O3/c1-3-4-5-6-7-11-14-20-17(18)16(19-2)15-12-9-8-10-13-15/h8-10,12-13,16H,3-7,11,14H2,1-2H3. The number of esters is 1. The molecule has 1 rings (SSSR count). The summed E-state index contributed by atoms with van der Waals surface area (Å²) in [6.45, 7) is 2.69. The van der Waals surface area contributed by atoms with Gasteiger partial charge in [0.05, 0.1) is 6.61 Å². The molecule has 20 heavy (non-hydrogen) atoms. The topological polar surface area (TPSA) is 35.5 Å². The molecule has 1 atom stereocenters. The van der Waals surface area contributed by atoms with Crippen molar-refractivity contribution in [1.29, 1.82) is 0 Å². The Morgan fingerprint density at radius 1 is 1.05 bits per heavy atom. The van der Waals surface area contributed by atoms with E-state index in [1.54, 1.807) is 0 Å². The lowest BCUT2D eigenvalue weighted by molar-refractivity contribution is -0.156. The fourth-order valence-electron chi connectivity index (χ4n) is 2.13. The fourth-order valence-corrected chi connectivity index (χ4v) is 2.13. The van der Waals surface area contributed by atoms with Gasteiger partial charge in [-0.05, 0) is 12.0 Å². The first-order valence-electron chi connectivity index (χ1n) is 7.54. The van der Waals surface area contributed by atoms with E-state index >= 15 is 0 Å². The van der Waals surface area contributed by atoms with E-state index in [2.05, 4.69) is 6.92 Å². The summed E-state index contributed by atoms with van der Waals surface area (Å²) in [5, 5.41) is 0. The zero-order valence-corrected chi connectivity index (χ0v) is 12.6. The molecule has 3 heteroatoms. The van der Waals surface area contributed by atoms with Gasteiger partial charge in [-0.25, -0.2) is 4.79 Å². The van der Waals surface area contributed by atoms with E-state index in [-0.39, 0.29) is 5.97 Å². The number of unbranched alkanes of at least 4 members (excludes halogenated alkanes) is 5. The van der Waals surface area contributed by atoms with Crippen molar-refractivity contribution in [1.82, 2.24) is 0 Å². The summed E-state index contributed by atoms with van der Waals surface area (Å²) in [6.07, 6.45) is 6.47. The predicted octanol–water partition coefficient (Wildman–Crippen LogP) is 4.28. The van der Waals surface area contributed by atoms with Crippen molar-refractivity contribution in [2.75, 3.05) is 13.7 Å². The van der Waals surface area contributed by atoms with E-state index in [1.165, 1.54) is 32.8 Å². The molecule has 0 aromatic heterocycles. The van der Waals surface area contributed by atoms with Gasteiger partial charge in [-0.15, -0.1) is 0 Å². The van der Waals surface area contributed by atoms with Crippen LogP contribution < -0.4 is 0 Å². The van der Waals surface area contributed by atoms with Gasteiger partial charge in [0.2, 0.25) is 0 Å². The van der Waals surface area contributed by atoms with Crippen molar-refractivity contribution in [3.8, 4) is 0 Å². The normalized spacial score (nSPS) is 12.1. The molecular formula is C17H26O3. The third-order valence-corrected chi connectivity index (χ3v) is 3.29. The highest BCUT2D eigenvalue weighted by Crippen LogP contribution is 2.18. The molecule has 0 saturated carbocycles. The van der Waals surface area contributed by atoms with E-state index < -0.39 is 6.10 Å². The SMILES string of the molecule is CCCCCCCCOC(=O)C(OC)c1ccccc1. The Kier molecular flexibility index (Phi) is 8.72. The molecular weight excluding hydrogens is 252 g/mol. The number of rotatable bonds is 10. The molecule has 0 fully saturated rings. The predicted molar refractivity (Wildman–Crippen MR) is 80.5 cm³/mol. The Balaban J connectivity index is 2.24. The summed E-state index contributed by atoms with van der Waals surface area (Å²) >= 11 is 0. The summed E-state index contributed by atoms with van der Waals surface area (Å²) in [6, 6.07) is 9.45. The second-order valence-corrected chi connectivity index (χ2v) is 4.96. The maximum absolute atomic E-state index is 12.0. The van der Waals surface area contributed by atoms with E-state index in [4.69, 9.17) is 9.47 Å². The van der Waals surface area contributed by atoms with Crippen molar-refractivity contribution in [3.05, 3.63) is 35.9 Å². The summed E-state index contributed by atoms with van der Waals surface area (Å²) in [5.41, 5.74) is 0.836. The Morgan fingerprint density at radius 2 is 1.70 bits per heavy atom. The molecule has 3 nitrogen and oxygen atoms in total. The second-order valence-electron chi connectivity index (χ2n) is 4.96. The van der Waals surface area contributed by atoms with Gasteiger partial charge in [0.25, 0.3) is 0 Å². The fraction of sp³-hybridized carbons (Fsp3) is 0.588. The van der Waals surface area contributed by atoms with E-state index in [0.29, 0.717) is 6.61 Å². The van der Waals surface area contributed by atoms with Crippen LogP contribution in [0.4, 0.5) is 0 Å². The number of carbonyl (C=O) groups excluding carboxylic acids is 1.